The summed E-state index contributed by atoms with van der Waals surface area (Å²) >= 11 is 0. The average Bonchev–Trinajstić information content (AvgIpc) is 2.89. The fourth-order valence-electron chi connectivity index (χ4n) is 4.50. The summed E-state index contributed by atoms with van der Waals surface area (Å²) in [5, 5.41) is 11.0. The first kappa shape index (κ1) is 26.2. The Hall–Kier alpha value is -3.38. The summed E-state index contributed by atoms with van der Waals surface area (Å²) in [5.74, 6) is -0.570. The summed E-state index contributed by atoms with van der Waals surface area (Å²) in [6.07, 6.45) is 1.68. The molecule has 1 aliphatic rings. The van der Waals surface area contributed by atoms with Gasteiger partial charge in [-0.3, -0.25) is 9.59 Å². The van der Waals surface area contributed by atoms with Crippen molar-refractivity contribution in [2.45, 2.75) is 38.0 Å². The summed E-state index contributed by atoms with van der Waals surface area (Å²) < 4.78 is 10.6. The van der Waals surface area contributed by atoms with Crippen molar-refractivity contribution in [2.24, 2.45) is 0 Å². The van der Waals surface area contributed by atoms with Crippen LogP contribution in [0.15, 0.2) is 66.7 Å². The molecule has 1 fully saturated rings. The topological polar surface area (TPSA) is 76.1 Å². The van der Waals surface area contributed by atoms with Crippen LogP contribution in [0.1, 0.15) is 43.7 Å². The van der Waals surface area contributed by atoms with Gasteiger partial charge in [0, 0.05) is 5.39 Å². The number of aliphatic carboxylic acids is 1. The zero-order valence-corrected chi connectivity index (χ0v) is 21.0. The highest BCUT2D eigenvalue weighted by molar-refractivity contribution is 5.90. The van der Waals surface area contributed by atoms with E-state index >= 15 is 0 Å². The molecular formula is C29H35NO5. The van der Waals surface area contributed by atoms with Crippen molar-refractivity contribution in [1.29, 1.82) is 0 Å². The number of carbonyl (C=O) groups excluding carboxylic acids is 1. The molecule has 1 aliphatic heterocycles. The van der Waals surface area contributed by atoms with E-state index in [2.05, 4.69) is 11.9 Å². The summed E-state index contributed by atoms with van der Waals surface area (Å²) in [4.78, 5) is 25.6. The van der Waals surface area contributed by atoms with Crippen LogP contribution in [0.3, 0.4) is 0 Å². The van der Waals surface area contributed by atoms with Crippen molar-refractivity contribution in [1.82, 2.24) is 4.90 Å². The number of fused-ring (bicyclic) bond motifs is 1. The minimum absolute atomic E-state index is 0.0655. The molecule has 1 N–H and O–H groups in total. The highest BCUT2D eigenvalue weighted by Crippen LogP contribution is 2.36. The second-order valence-electron chi connectivity index (χ2n) is 8.97. The van der Waals surface area contributed by atoms with E-state index in [1.807, 2.05) is 73.7 Å². The number of rotatable bonds is 6. The zero-order valence-electron chi connectivity index (χ0n) is 21.0. The molecular weight excluding hydrogens is 442 g/mol. The van der Waals surface area contributed by atoms with E-state index < -0.39 is 17.3 Å². The first-order valence-electron chi connectivity index (χ1n) is 12.0. The van der Waals surface area contributed by atoms with E-state index in [0.29, 0.717) is 6.61 Å². The molecule has 1 atom stereocenters. The minimum Gasteiger partial charge on any atom is -0.496 e. The third-order valence-electron chi connectivity index (χ3n) is 6.79. The van der Waals surface area contributed by atoms with E-state index in [1.54, 1.807) is 14.0 Å². The molecule has 4 rings (SSSR count). The number of carboxylic acids is 1. The number of esters is 1. The molecule has 35 heavy (non-hydrogen) atoms. The van der Waals surface area contributed by atoms with E-state index in [-0.39, 0.29) is 5.97 Å². The third-order valence-corrected chi connectivity index (χ3v) is 6.79. The van der Waals surface area contributed by atoms with Gasteiger partial charge < -0.3 is 19.5 Å². The monoisotopic (exact) mass is 477 g/mol. The van der Waals surface area contributed by atoms with Gasteiger partial charge in [-0.1, -0.05) is 60.7 Å². The molecule has 1 heterocycles. The van der Waals surface area contributed by atoms with Crippen molar-refractivity contribution >= 4 is 22.7 Å². The minimum atomic E-state index is -0.813. The summed E-state index contributed by atoms with van der Waals surface area (Å²) in [7, 11) is 3.72. The lowest BCUT2D eigenvalue weighted by atomic mass is 9.73. The smallest absolute Gasteiger partial charge is 0.316 e. The van der Waals surface area contributed by atoms with Gasteiger partial charge in [0.1, 0.15) is 5.75 Å². The highest BCUT2D eigenvalue weighted by atomic mass is 16.5. The fourth-order valence-corrected chi connectivity index (χ4v) is 4.50. The third kappa shape index (κ3) is 6.01. The number of carbonyl (C=O) groups is 2. The SMILES string of the molecule is CCOC(=O)C1(c2ccccc2)CCN(C)CC1.COc1cccc2cc(C(C)C(=O)O)ccc12. The first-order valence-corrected chi connectivity index (χ1v) is 12.0. The van der Waals surface area contributed by atoms with E-state index in [1.165, 1.54) is 0 Å². The summed E-state index contributed by atoms with van der Waals surface area (Å²) in [6.45, 7) is 5.87. The molecule has 0 radical (unpaired) electrons. The number of nitrogens with zero attached hydrogens (tertiary/aromatic N) is 1. The summed E-state index contributed by atoms with van der Waals surface area (Å²) in [5.41, 5.74) is 1.46. The molecule has 3 aromatic carbocycles. The lowest BCUT2D eigenvalue weighted by Gasteiger charge is -2.38. The molecule has 0 spiro atoms. The molecule has 0 saturated carbocycles. The van der Waals surface area contributed by atoms with Crippen LogP contribution in [0.25, 0.3) is 10.8 Å². The molecule has 6 nitrogen and oxygen atoms in total. The Bertz CT molecular complexity index is 1140. The summed E-state index contributed by atoms with van der Waals surface area (Å²) in [6, 6.07) is 21.4. The van der Waals surface area contributed by atoms with Crippen molar-refractivity contribution in [3.8, 4) is 5.75 Å². The maximum absolute atomic E-state index is 12.4. The van der Waals surface area contributed by atoms with Crippen LogP contribution in [0.5, 0.6) is 5.75 Å². The lowest BCUT2D eigenvalue weighted by molar-refractivity contribution is -0.152. The second kappa shape index (κ2) is 11.8. The van der Waals surface area contributed by atoms with Gasteiger partial charge in [-0.15, -0.1) is 0 Å². The number of likely N-dealkylation sites (tertiary alicyclic amines) is 1. The molecule has 1 saturated heterocycles. The molecule has 0 aliphatic carbocycles. The molecule has 1 unspecified atom stereocenters. The lowest BCUT2D eigenvalue weighted by Crippen LogP contribution is -2.47. The zero-order chi connectivity index (χ0) is 25.4. The van der Waals surface area contributed by atoms with Crippen LogP contribution >= 0.6 is 0 Å². The van der Waals surface area contributed by atoms with Crippen LogP contribution < -0.4 is 4.74 Å². The van der Waals surface area contributed by atoms with Gasteiger partial charge in [-0.25, -0.2) is 0 Å². The maximum atomic E-state index is 12.4. The fraction of sp³-hybridized carbons (Fsp3) is 0.379. The van der Waals surface area contributed by atoms with Crippen molar-refractivity contribution in [2.75, 3.05) is 33.9 Å². The van der Waals surface area contributed by atoms with Crippen molar-refractivity contribution in [3.63, 3.8) is 0 Å². The largest absolute Gasteiger partial charge is 0.496 e. The number of benzene rings is 3. The molecule has 186 valence electrons. The van der Waals surface area contributed by atoms with Crippen LogP contribution in [0.4, 0.5) is 0 Å². The first-order chi connectivity index (χ1) is 16.8. The van der Waals surface area contributed by atoms with Gasteiger partial charge in [0.2, 0.25) is 0 Å². The molecule has 0 amide bonds. The quantitative estimate of drug-likeness (QED) is 0.489. The van der Waals surface area contributed by atoms with Gasteiger partial charge in [0.15, 0.2) is 0 Å². The Labute approximate surface area is 207 Å². The number of piperidine rings is 1. The number of hydrogen-bond donors (Lipinski definition) is 1. The van der Waals surface area contributed by atoms with Gasteiger partial charge in [-0.2, -0.15) is 0 Å². The molecule has 6 heteroatoms. The predicted octanol–water partition coefficient (Wildman–Crippen LogP) is 5.25. The Morgan fingerprint density at radius 1 is 1.03 bits per heavy atom. The van der Waals surface area contributed by atoms with E-state index in [0.717, 1.165) is 53.6 Å². The molecule has 0 bridgehead atoms. The average molecular weight is 478 g/mol. The number of methoxy groups -OCH3 is 1. The standard InChI is InChI=1S/C15H21NO2.C14H14O3/c1-3-18-14(17)15(9-11-16(2)12-10-15)13-7-5-4-6-8-13;1-9(14(15)16)10-6-7-12-11(8-10)4-3-5-13(12)17-2/h4-8H,3,9-12H2,1-2H3;3-9H,1-2H3,(H,15,16). The maximum Gasteiger partial charge on any atom is 0.316 e. The number of hydrogen-bond acceptors (Lipinski definition) is 5. The second-order valence-corrected chi connectivity index (χ2v) is 8.97. The van der Waals surface area contributed by atoms with Crippen molar-refractivity contribution < 1.29 is 24.2 Å². The highest BCUT2D eigenvalue weighted by Gasteiger charge is 2.43. The van der Waals surface area contributed by atoms with Crippen LogP contribution in [0.2, 0.25) is 0 Å². The Balaban J connectivity index is 0.000000196. The van der Waals surface area contributed by atoms with Gasteiger partial charge in [0.25, 0.3) is 0 Å². The Morgan fingerprint density at radius 3 is 2.31 bits per heavy atom. The van der Waals surface area contributed by atoms with Gasteiger partial charge in [0.05, 0.1) is 25.0 Å². The predicted molar refractivity (Wildman–Crippen MR) is 138 cm³/mol. The molecule has 3 aromatic rings. The van der Waals surface area contributed by atoms with Crippen molar-refractivity contribution in [3.05, 3.63) is 77.9 Å². The normalized spacial score (nSPS) is 16.0. The van der Waals surface area contributed by atoms with Gasteiger partial charge >= 0.3 is 11.9 Å². The Kier molecular flexibility index (Phi) is 8.88. The Morgan fingerprint density at radius 2 is 1.71 bits per heavy atom. The van der Waals surface area contributed by atoms with Gasteiger partial charge in [-0.05, 0) is 69.4 Å². The van der Waals surface area contributed by atoms with Crippen LogP contribution in [0, 0.1) is 0 Å². The van der Waals surface area contributed by atoms with Crippen LogP contribution in [-0.2, 0) is 19.7 Å². The van der Waals surface area contributed by atoms with E-state index in [9.17, 15) is 9.59 Å². The number of carboxylic acid groups (broad SMARTS) is 1. The number of ether oxygens (including phenoxy) is 2. The van der Waals surface area contributed by atoms with Crippen LogP contribution in [-0.4, -0.2) is 55.8 Å². The van der Waals surface area contributed by atoms with E-state index in [4.69, 9.17) is 14.6 Å². The molecule has 0 aromatic heterocycles.